The molecule has 22 heavy (non-hydrogen) atoms. The van der Waals surface area contributed by atoms with Gasteiger partial charge >= 0.3 is 0 Å². The van der Waals surface area contributed by atoms with E-state index >= 15 is 0 Å². The van der Waals surface area contributed by atoms with E-state index in [0.29, 0.717) is 5.92 Å². The molecule has 126 valence electrons. The molecule has 1 amide bonds. The lowest BCUT2D eigenvalue weighted by atomic mass is 10.2. The number of hydrogen-bond acceptors (Lipinski definition) is 3. The zero-order chi connectivity index (χ0) is 15.9. The molecule has 2 aliphatic rings. The van der Waals surface area contributed by atoms with Gasteiger partial charge in [-0.15, -0.1) is 0 Å². The number of piperazine rings is 1. The van der Waals surface area contributed by atoms with Crippen molar-refractivity contribution in [2.45, 2.75) is 39.7 Å². The van der Waals surface area contributed by atoms with E-state index in [1.165, 1.54) is 0 Å². The van der Waals surface area contributed by atoms with Gasteiger partial charge in [0.15, 0.2) is 5.96 Å². The second-order valence-corrected chi connectivity index (χ2v) is 6.40. The van der Waals surface area contributed by atoms with E-state index in [9.17, 15) is 4.79 Å². The van der Waals surface area contributed by atoms with Crippen LogP contribution in [0.5, 0.6) is 0 Å². The Morgan fingerprint density at radius 1 is 1.27 bits per heavy atom. The SMILES string of the molecule is CCNC(=NCC(C)C)N1CCN(C(=O)C2CCCO2)CC1. The number of carbonyl (C=O) groups is 1. The van der Waals surface area contributed by atoms with Gasteiger partial charge in [-0.05, 0) is 25.7 Å². The van der Waals surface area contributed by atoms with Gasteiger partial charge in [0, 0.05) is 45.9 Å². The van der Waals surface area contributed by atoms with Crippen molar-refractivity contribution in [1.29, 1.82) is 0 Å². The van der Waals surface area contributed by atoms with Crippen LogP contribution < -0.4 is 5.32 Å². The molecule has 0 radical (unpaired) electrons. The molecule has 2 fully saturated rings. The Labute approximate surface area is 133 Å². The van der Waals surface area contributed by atoms with Crippen LogP contribution in [0.4, 0.5) is 0 Å². The molecule has 0 aromatic rings. The highest BCUT2D eigenvalue weighted by atomic mass is 16.5. The highest BCUT2D eigenvalue weighted by Crippen LogP contribution is 2.16. The van der Waals surface area contributed by atoms with Crippen molar-refractivity contribution >= 4 is 11.9 Å². The second kappa shape index (κ2) is 8.36. The van der Waals surface area contributed by atoms with Crippen molar-refractivity contribution in [3.63, 3.8) is 0 Å². The first-order chi connectivity index (χ1) is 10.6. The lowest BCUT2D eigenvalue weighted by molar-refractivity contribution is -0.142. The van der Waals surface area contributed by atoms with Gasteiger partial charge in [-0.2, -0.15) is 0 Å². The fraction of sp³-hybridized carbons (Fsp3) is 0.875. The third kappa shape index (κ3) is 4.60. The van der Waals surface area contributed by atoms with Gasteiger partial charge in [-0.25, -0.2) is 0 Å². The van der Waals surface area contributed by atoms with Crippen LogP contribution >= 0.6 is 0 Å². The van der Waals surface area contributed by atoms with E-state index in [-0.39, 0.29) is 12.0 Å². The maximum Gasteiger partial charge on any atom is 0.251 e. The minimum absolute atomic E-state index is 0.168. The van der Waals surface area contributed by atoms with E-state index in [4.69, 9.17) is 4.74 Å². The summed E-state index contributed by atoms with van der Waals surface area (Å²) in [5.74, 6) is 1.69. The Morgan fingerprint density at radius 3 is 2.50 bits per heavy atom. The highest BCUT2D eigenvalue weighted by molar-refractivity contribution is 5.82. The molecule has 0 aliphatic carbocycles. The fourth-order valence-electron chi connectivity index (χ4n) is 2.81. The molecule has 2 heterocycles. The predicted octanol–water partition coefficient (Wildman–Crippen LogP) is 0.931. The number of nitrogens with zero attached hydrogens (tertiary/aromatic N) is 3. The number of nitrogens with one attached hydrogen (secondary N) is 1. The first kappa shape index (κ1) is 17.1. The zero-order valence-electron chi connectivity index (χ0n) is 14.2. The minimum Gasteiger partial charge on any atom is -0.368 e. The smallest absolute Gasteiger partial charge is 0.251 e. The molecule has 0 aromatic heterocycles. The van der Waals surface area contributed by atoms with Crippen molar-refractivity contribution in [3.05, 3.63) is 0 Å². The summed E-state index contributed by atoms with van der Waals surface area (Å²) in [5, 5.41) is 3.35. The molecule has 1 atom stereocenters. The van der Waals surface area contributed by atoms with E-state index < -0.39 is 0 Å². The molecule has 0 saturated carbocycles. The molecule has 1 unspecified atom stereocenters. The van der Waals surface area contributed by atoms with Gasteiger partial charge in [0.2, 0.25) is 0 Å². The molecule has 6 nitrogen and oxygen atoms in total. The van der Waals surface area contributed by atoms with Crippen LogP contribution in [-0.2, 0) is 9.53 Å². The largest absolute Gasteiger partial charge is 0.368 e. The topological polar surface area (TPSA) is 57.2 Å². The molecule has 2 aliphatic heterocycles. The Bertz CT molecular complexity index is 384. The third-order valence-electron chi connectivity index (χ3n) is 4.04. The molecular formula is C16H30N4O2. The number of guanidine groups is 1. The molecule has 0 bridgehead atoms. The third-order valence-corrected chi connectivity index (χ3v) is 4.04. The van der Waals surface area contributed by atoms with E-state index in [2.05, 4.69) is 36.0 Å². The Kier molecular flexibility index (Phi) is 6.49. The van der Waals surface area contributed by atoms with Gasteiger partial charge in [-0.3, -0.25) is 9.79 Å². The quantitative estimate of drug-likeness (QED) is 0.620. The van der Waals surface area contributed by atoms with Crippen molar-refractivity contribution in [3.8, 4) is 0 Å². The van der Waals surface area contributed by atoms with Crippen molar-refractivity contribution in [2.75, 3.05) is 45.9 Å². The van der Waals surface area contributed by atoms with E-state index in [1.54, 1.807) is 0 Å². The van der Waals surface area contributed by atoms with E-state index in [0.717, 1.165) is 64.7 Å². The van der Waals surface area contributed by atoms with Crippen molar-refractivity contribution in [1.82, 2.24) is 15.1 Å². The summed E-state index contributed by atoms with van der Waals surface area (Å²) in [7, 11) is 0. The maximum atomic E-state index is 12.4. The summed E-state index contributed by atoms with van der Waals surface area (Å²) in [5.41, 5.74) is 0. The summed E-state index contributed by atoms with van der Waals surface area (Å²) in [6.45, 7) is 12.0. The fourth-order valence-corrected chi connectivity index (χ4v) is 2.81. The first-order valence-electron chi connectivity index (χ1n) is 8.55. The monoisotopic (exact) mass is 310 g/mol. The summed E-state index contributed by atoms with van der Waals surface area (Å²) in [6.07, 6.45) is 1.68. The molecular weight excluding hydrogens is 280 g/mol. The number of aliphatic imine (C=N–C) groups is 1. The second-order valence-electron chi connectivity index (χ2n) is 6.40. The summed E-state index contributed by atoms with van der Waals surface area (Å²) < 4.78 is 5.50. The van der Waals surface area contributed by atoms with Gasteiger partial charge < -0.3 is 19.9 Å². The number of rotatable bonds is 4. The summed E-state index contributed by atoms with van der Waals surface area (Å²) in [6, 6.07) is 0. The Balaban J connectivity index is 1.86. The van der Waals surface area contributed by atoms with Crippen LogP contribution in [0, 0.1) is 5.92 Å². The average Bonchev–Trinajstić information content (AvgIpc) is 3.05. The van der Waals surface area contributed by atoms with Gasteiger partial charge in [0.05, 0.1) is 0 Å². The molecule has 1 N–H and O–H groups in total. The minimum atomic E-state index is -0.200. The lowest BCUT2D eigenvalue weighted by Gasteiger charge is -2.37. The number of ether oxygens (including phenoxy) is 1. The number of hydrogen-bond donors (Lipinski definition) is 1. The van der Waals surface area contributed by atoms with Crippen LogP contribution in [0.2, 0.25) is 0 Å². The van der Waals surface area contributed by atoms with Crippen molar-refractivity contribution < 1.29 is 9.53 Å². The summed E-state index contributed by atoms with van der Waals surface area (Å²) >= 11 is 0. The Hall–Kier alpha value is -1.30. The summed E-state index contributed by atoms with van der Waals surface area (Å²) in [4.78, 5) is 21.2. The van der Waals surface area contributed by atoms with Crippen molar-refractivity contribution in [2.24, 2.45) is 10.9 Å². The molecule has 2 saturated heterocycles. The normalized spacial score (nSPS) is 23.3. The molecule has 0 aromatic carbocycles. The molecule has 6 heteroatoms. The maximum absolute atomic E-state index is 12.4. The molecule has 2 rings (SSSR count). The zero-order valence-corrected chi connectivity index (χ0v) is 14.2. The van der Waals surface area contributed by atoms with Crippen LogP contribution in [0.15, 0.2) is 4.99 Å². The lowest BCUT2D eigenvalue weighted by Crippen LogP contribution is -2.55. The Morgan fingerprint density at radius 2 is 1.95 bits per heavy atom. The van der Waals surface area contributed by atoms with Gasteiger partial charge in [0.25, 0.3) is 5.91 Å². The van der Waals surface area contributed by atoms with Crippen LogP contribution in [0.3, 0.4) is 0 Å². The molecule has 0 spiro atoms. The number of carbonyl (C=O) groups excluding carboxylic acids is 1. The predicted molar refractivity (Wildman–Crippen MR) is 87.9 cm³/mol. The van der Waals surface area contributed by atoms with Gasteiger partial charge in [-0.1, -0.05) is 13.8 Å². The van der Waals surface area contributed by atoms with Gasteiger partial charge in [0.1, 0.15) is 6.10 Å². The highest BCUT2D eigenvalue weighted by Gasteiger charge is 2.30. The first-order valence-corrected chi connectivity index (χ1v) is 8.55. The average molecular weight is 310 g/mol. The number of amides is 1. The van der Waals surface area contributed by atoms with E-state index in [1.807, 2.05) is 4.90 Å². The van der Waals surface area contributed by atoms with Crippen LogP contribution in [-0.4, -0.2) is 73.6 Å². The standard InChI is InChI=1S/C16H30N4O2/c1-4-17-16(18-12-13(2)3)20-9-7-19(8-10-20)15(21)14-6-5-11-22-14/h13-14H,4-12H2,1-3H3,(H,17,18). The van der Waals surface area contributed by atoms with Crippen LogP contribution in [0.25, 0.3) is 0 Å². The van der Waals surface area contributed by atoms with Crippen LogP contribution in [0.1, 0.15) is 33.6 Å².